The van der Waals surface area contributed by atoms with E-state index in [0.717, 1.165) is 0 Å². The summed E-state index contributed by atoms with van der Waals surface area (Å²) < 4.78 is 10.3. The summed E-state index contributed by atoms with van der Waals surface area (Å²) in [4.78, 5) is 0. The van der Waals surface area contributed by atoms with Gasteiger partial charge in [0.15, 0.2) is 0 Å². The van der Waals surface area contributed by atoms with Crippen LogP contribution in [0, 0.1) is 0 Å². The Morgan fingerprint density at radius 3 is 1.48 bits per heavy atom. The molecule has 13 heteroatoms. The Morgan fingerprint density at radius 2 is 1.09 bits per heavy atom. The maximum Gasteiger partial charge on any atom is 0.119 e. The Morgan fingerprint density at radius 1 is 0.652 bits per heavy atom. The molecule has 1 aromatic rings. The molecular weight excluding hydrogens is 1840 g/mol. The molecule has 132 valence electrons. The van der Waals surface area contributed by atoms with Crippen LogP contribution >= 0.6 is 0 Å². The molecule has 0 aromatic heterocycles. The first-order valence-corrected chi connectivity index (χ1v) is 4.43. The van der Waals surface area contributed by atoms with Crippen molar-refractivity contribution >= 4 is 0 Å². The number of rotatable bonds is 6. The molecule has 0 fully saturated rings. The summed E-state index contributed by atoms with van der Waals surface area (Å²) in [6.45, 7) is 1.24. The van der Waals surface area contributed by atoms with Crippen LogP contribution in [-0.2, 0) is 194 Å². The summed E-state index contributed by atoms with van der Waals surface area (Å²) in [7, 11) is 0. The fourth-order valence-electron chi connectivity index (χ4n) is 0.927. The normalized spacial score (nSPS) is 6.13. The molecule has 0 unspecified atom stereocenters. The SMILES string of the molecule is OCCOCCOc1ccc(O)cc1.[W].[W].[W].[W].[W].[W].[W].[W].[W]. The first-order chi connectivity index (χ1) is 6.83. The van der Waals surface area contributed by atoms with Crippen LogP contribution in [0.1, 0.15) is 0 Å². The van der Waals surface area contributed by atoms with Gasteiger partial charge in [-0.25, -0.2) is 0 Å². The van der Waals surface area contributed by atoms with E-state index >= 15 is 0 Å². The van der Waals surface area contributed by atoms with E-state index in [4.69, 9.17) is 19.7 Å². The number of benzene rings is 1. The number of aliphatic hydroxyl groups is 1. The minimum Gasteiger partial charge on any atom is -0.508 e. The smallest absolute Gasteiger partial charge is 0.119 e. The van der Waals surface area contributed by atoms with Crippen LogP contribution < -0.4 is 4.74 Å². The molecule has 0 aliphatic heterocycles. The van der Waals surface area contributed by atoms with Crippen LogP contribution in [0.5, 0.6) is 11.5 Å². The summed E-state index contributed by atoms with van der Waals surface area (Å²) in [6, 6.07) is 6.48. The van der Waals surface area contributed by atoms with Gasteiger partial charge in [0.2, 0.25) is 0 Å². The number of phenols is 1. The van der Waals surface area contributed by atoms with E-state index in [0.29, 0.717) is 25.6 Å². The van der Waals surface area contributed by atoms with Crippen molar-refractivity contribution < 1.29 is 209 Å². The summed E-state index contributed by atoms with van der Waals surface area (Å²) >= 11 is 0. The van der Waals surface area contributed by atoms with E-state index in [1.807, 2.05) is 0 Å². The van der Waals surface area contributed by atoms with Crippen molar-refractivity contribution in [1.29, 1.82) is 0 Å². The molecule has 0 atom stereocenters. The molecule has 0 amide bonds. The number of ether oxygens (including phenoxy) is 2. The van der Waals surface area contributed by atoms with Crippen LogP contribution in [0.2, 0.25) is 0 Å². The van der Waals surface area contributed by atoms with Crippen LogP contribution in [0.15, 0.2) is 24.3 Å². The Hall–Kier alpha value is 4.93. The fourth-order valence-corrected chi connectivity index (χ4v) is 0.927. The van der Waals surface area contributed by atoms with Gasteiger partial charge in [-0.1, -0.05) is 0 Å². The second-order valence-corrected chi connectivity index (χ2v) is 2.68. The molecule has 0 saturated carbocycles. The minimum absolute atomic E-state index is 0. The van der Waals surface area contributed by atoms with Crippen molar-refractivity contribution in [2.75, 3.05) is 26.4 Å². The van der Waals surface area contributed by atoms with Gasteiger partial charge in [-0.2, -0.15) is 0 Å². The molecule has 4 nitrogen and oxygen atoms in total. The summed E-state index contributed by atoms with van der Waals surface area (Å²) in [5.41, 5.74) is 0. The molecule has 23 heavy (non-hydrogen) atoms. The maximum absolute atomic E-state index is 8.99. The molecular formula is C10H14O4W9. The van der Waals surface area contributed by atoms with Gasteiger partial charge in [-0.05, 0) is 24.3 Å². The van der Waals surface area contributed by atoms with Crippen molar-refractivity contribution in [2.24, 2.45) is 0 Å². The number of phenolic OH excluding ortho intramolecular Hbond substituents is 1. The molecule has 0 heterocycles. The molecule has 1 aromatic carbocycles. The molecule has 0 aliphatic carbocycles. The predicted octanol–water partition coefficient (Wildman–Crippen LogP) is 0.757. The predicted molar refractivity (Wildman–Crippen MR) is 51.5 cm³/mol. The van der Waals surface area contributed by atoms with E-state index in [-0.39, 0.29) is 202 Å². The largest absolute Gasteiger partial charge is 0.508 e. The number of hydrogen-bond acceptors (Lipinski definition) is 4. The zero-order valence-electron chi connectivity index (χ0n) is 11.5. The molecule has 0 spiro atoms. The number of hydrogen-bond donors (Lipinski definition) is 2. The fraction of sp³-hybridized carbons (Fsp3) is 0.400. The average molecular weight is 1850 g/mol. The second-order valence-electron chi connectivity index (χ2n) is 2.68. The first-order valence-electron chi connectivity index (χ1n) is 4.43. The van der Waals surface area contributed by atoms with Gasteiger partial charge in [-0.15, -0.1) is 0 Å². The molecule has 0 bridgehead atoms. The minimum atomic E-state index is 0. The zero-order chi connectivity index (χ0) is 10.2. The Bertz CT molecular complexity index is 267. The topological polar surface area (TPSA) is 58.9 Å². The standard InChI is InChI=1S/C10H14O4.9W/c11-5-6-13-7-8-14-10-3-1-9(12)2-4-10;;;;;;;;;/h1-4,11-12H,5-8H2;;;;;;;;;. The monoisotopic (exact) mass is 1850 g/mol. The van der Waals surface area contributed by atoms with Crippen molar-refractivity contribution in [1.82, 2.24) is 0 Å². The van der Waals surface area contributed by atoms with Gasteiger partial charge in [-0.3, -0.25) is 0 Å². The zero-order valence-corrected chi connectivity index (χ0v) is 37.9. The molecule has 0 aliphatic rings. The van der Waals surface area contributed by atoms with Gasteiger partial charge in [0, 0.05) is 190 Å². The quantitative estimate of drug-likeness (QED) is 0.414. The van der Waals surface area contributed by atoms with Crippen LogP contribution in [-0.4, -0.2) is 36.6 Å². The van der Waals surface area contributed by atoms with E-state index < -0.39 is 0 Å². The summed E-state index contributed by atoms with van der Waals surface area (Å²) in [6.07, 6.45) is 0. The number of aliphatic hydroxyl groups excluding tert-OH is 1. The van der Waals surface area contributed by atoms with Gasteiger partial charge < -0.3 is 19.7 Å². The van der Waals surface area contributed by atoms with Crippen molar-refractivity contribution in [3.8, 4) is 11.5 Å². The third-order valence-electron chi connectivity index (χ3n) is 1.57. The van der Waals surface area contributed by atoms with E-state index in [2.05, 4.69) is 0 Å². The van der Waals surface area contributed by atoms with Gasteiger partial charge >= 0.3 is 0 Å². The first kappa shape index (κ1) is 56.5. The third kappa shape index (κ3) is 34.8. The number of aromatic hydroxyl groups is 1. The third-order valence-corrected chi connectivity index (χ3v) is 1.57. The molecule has 0 saturated heterocycles. The van der Waals surface area contributed by atoms with Gasteiger partial charge in [0.25, 0.3) is 0 Å². The summed E-state index contributed by atoms with van der Waals surface area (Å²) in [5.74, 6) is 0.907. The van der Waals surface area contributed by atoms with Crippen molar-refractivity contribution in [3.05, 3.63) is 24.3 Å². The van der Waals surface area contributed by atoms with E-state index in [1.165, 1.54) is 0 Å². The van der Waals surface area contributed by atoms with Crippen LogP contribution in [0.4, 0.5) is 0 Å². The Labute approximate surface area is 266 Å². The van der Waals surface area contributed by atoms with Crippen LogP contribution in [0.25, 0.3) is 0 Å². The maximum atomic E-state index is 8.99. The molecule has 2 N–H and O–H groups in total. The van der Waals surface area contributed by atoms with Gasteiger partial charge in [0.1, 0.15) is 18.1 Å². The van der Waals surface area contributed by atoms with E-state index in [1.54, 1.807) is 24.3 Å². The Kier molecular flexibility index (Phi) is 102. The average Bonchev–Trinajstić information content (AvgIpc) is 2.21. The van der Waals surface area contributed by atoms with Crippen molar-refractivity contribution in [3.63, 3.8) is 0 Å². The Balaban J connectivity index is -0.0000000311. The summed E-state index contributed by atoms with van der Waals surface area (Å²) in [5, 5.41) is 17.4. The molecule has 1 rings (SSSR count). The molecule has 0 radical (unpaired) electrons. The van der Waals surface area contributed by atoms with E-state index in [9.17, 15) is 0 Å². The van der Waals surface area contributed by atoms with Gasteiger partial charge in [0.05, 0.1) is 19.8 Å². The van der Waals surface area contributed by atoms with Crippen LogP contribution in [0.3, 0.4) is 0 Å². The van der Waals surface area contributed by atoms with Crippen molar-refractivity contribution in [2.45, 2.75) is 0 Å². The second kappa shape index (κ2) is 41.3.